The topological polar surface area (TPSA) is 63.4 Å². The van der Waals surface area contributed by atoms with Gasteiger partial charge in [0.05, 0.1) is 0 Å². The van der Waals surface area contributed by atoms with Crippen LogP contribution >= 0.6 is 15.9 Å². The van der Waals surface area contributed by atoms with E-state index in [0.29, 0.717) is 4.47 Å². The summed E-state index contributed by atoms with van der Waals surface area (Å²) in [6, 6.07) is 6.24. The van der Waals surface area contributed by atoms with E-state index in [2.05, 4.69) is 15.9 Å². The largest absolute Gasteiger partial charge is 0.381 e. The number of hydrogen-bond acceptors (Lipinski definition) is 3. The average molecular weight is 248 g/mol. The van der Waals surface area contributed by atoms with Crippen LogP contribution in [0.5, 0.6) is 0 Å². The van der Waals surface area contributed by atoms with Crippen molar-refractivity contribution in [2.24, 2.45) is 0 Å². The zero-order valence-electron chi connectivity index (χ0n) is 8.48. The highest BCUT2D eigenvalue weighted by Gasteiger charge is 2.15. The number of nitrogens with zero attached hydrogens (tertiary/aromatic N) is 1. The molecule has 0 saturated heterocycles. The highest BCUT2D eigenvalue weighted by atomic mass is 79.9. The molecule has 0 spiro atoms. The standard InChI is InChI=1S/C8H8BrNO3/c9-7-4-2-1-3-6(7)8(11)5-10(12)13/h1-4,8,11H,5H2/i5D2. The monoisotopic (exact) mass is 247 g/mol. The van der Waals surface area contributed by atoms with Crippen LogP contribution in [0.15, 0.2) is 28.7 Å². The number of aliphatic hydroxyl groups is 1. The van der Waals surface area contributed by atoms with E-state index in [0.717, 1.165) is 0 Å². The molecule has 0 radical (unpaired) electrons. The number of halogens is 1. The van der Waals surface area contributed by atoms with Crippen LogP contribution < -0.4 is 0 Å². The molecule has 0 heterocycles. The van der Waals surface area contributed by atoms with Gasteiger partial charge in [-0.1, -0.05) is 34.1 Å². The predicted octanol–water partition coefficient (Wildman–Crippen LogP) is 1.76. The maximum atomic E-state index is 10.4. The molecule has 0 aromatic heterocycles. The van der Waals surface area contributed by atoms with Crippen molar-refractivity contribution in [2.45, 2.75) is 6.10 Å². The maximum absolute atomic E-state index is 10.4. The Hall–Kier alpha value is -0.940. The molecule has 1 atom stereocenters. The lowest BCUT2D eigenvalue weighted by Crippen LogP contribution is -2.12. The molecule has 1 N–H and O–H groups in total. The molecule has 4 nitrogen and oxygen atoms in total. The quantitative estimate of drug-likeness (QED) is 0.654. The van der Waals surface area contributed by atoms with Gasteiger partial charge >= 0.3 is 0 Å². The number of benzene rings is 1. The Balaban J connectivity index is 3.10. The molecular weight excluding hydrogens is 238 g/mol. The summed E-state index contributed by atoms with van der Waals surface area (Å²) in [5.41, 5.74) is 0.152. The third kappa shape index (κ3) is 2.78. The van der Waals surface area contributed by atoms with Gasteiger partial charge in [0.2, 0.25) is 6.50 Å². The van der Waals surface area contributed by atoms with Crippen LogP contribution in [-0.4, -0.2) is 16.5 Å². The van der Waals surface area contributed by atoms with E-state index < -0.39 is 17.5 Å². The van der Waals surface area contributed by atoms with Gasteiger partial charge in [-0.15, -0.1) is 0 Å². The van der Waals surface area contributed by atoms with Crippen LogP contribution in [-0.2, 0) is 0 Å². The van der Waals surface area contributed by atoms with E-state index in [1.807, 2.05) is 0 Å². The smallest absolute Gasteiger partial charge is 0.233 e. The molecule has 5 heteroatoms. The molecule has 0 bridgehead atoms. The molecule has 0 fully saturated rings. The van der Waals surface area contributed by atoms with Crippen LogP contribution in [0.1, 0.15) is 14.4 Å². The molecule has 1 aromatic rings. The van der Waals surface area contributed by atoms with Crippen LogP contribution in [0, 0.1) is 10.1 Å². The van der Waals surface area contributed by atoms with Crippen molar-refractivity contribution in [2.75, 3.05) is 6.50 Å². The van der Waals surface area contributed by atoms with E-state index in [-0.39, 0.29) is 5.56 Å². The van der Waals surface area contributed by atoms with Crippen LogP contribution in [0.2, 0.25) is 0 Å². The Labute approximate surface area is 86.3 Å². The fourth-order valence-electron chi connectivity index (χ4n) is 0.866. The zero-order valence-corrected chi connectivity index (χ0v) is 8.06. The van der Waals surface area contributed by atoms with Gasteiger partial charge in [-0.2, -0.15) is 0 Å². The molecule has 70 valence electrons. The van der Waals surface area contributed by atoms with Crippen LogP contribution in [0.25, 0.3) is 0 Å². The molecule has 0 aliphatic rings. The van der Waals surface area contributed by atoms with E-state index in [4.69, 9.17) is 2.74 Å². The minimum Gasteiger partial charge on any atom is -0.381 e. The van der Waals surface area contributed by atoms with Crippen molar-refractivity contribution in [1.29, 1.82) is 0 Å². The summed E-state index contributed by atoms with van der Waals surface area (Å²) in [4.78, 5) is 9.26. The molecular formula is C8H8BrNO3. The van der Waals surface area contributed by atoms with Crippen molar-refractivity contribution in [1.82, 2.24) is 0 Å². The first kappa shape index (κ1) is 7.46. The third-order valence-electron chi connectivity index (χ3n) is 1.43. The number of rotatable bonds is 3. The second kappa shape index (κ2) is 4.34. The normalized spacial score (nSPS) is 15.8. The third-order valence-corrected chi connectivity index (χ3v) is 2.15. The van der Waals surface area contributed by atoms with Gasteiger partial charge in [-0.05, 0) is 6.07 Å². The predicted molar refractivity (Wildman–Crippen MR) is 51.0 cm³/mol. The summed E-state index contributed by atoms with van der Waals surface area (Å²) in [7, 11) is 0. The lowest BCUT2D eigenvalue weighted by atomic mass is 10.1. The van der Waals surface area contributed by atoms with E-state index >= 15 is 0 Å². The second-order valence-electron chi connectivity index (χ2n) is 2.31. The SMILES string of the molecule is [2H]C([2H])(C(O)c1ccccc1Br)[N+](=O)[O-]. The lowest BCUT2D eigenvalue weighted by Gasteiger charge is -2.07. The van der Waals surface area contributed by atoms with E-state index in [9.17, 15) is 15.2 Å². The van der Waals surface area contributed by atoms with Crippen LogP contribution in [0.4, 0.5) is 0 Å². The average Bonchev–Trinajstić information content (AvgIpc) is 2.17. The number of hydrogen-bond donors (Lipinski definition) is 1. The highest BCUT2D eigenvalue weighted by molar-refractivity contribution is 9.10. The van der Waals surface area contributed by atoms with Gasteiger partial charge < -0.3 is 5.11 Å². The molecule has 0 aliphatic carbocycles. The molecule has 1 rings (SSSR count). The Kier molecular flexibility index (Phi) is 2.49. The Morgan fingerprint density at radius 3 is 2.85 bits per heavy atom. The summed E-state index contributed by atoms with van der Waals surface area (Å²) >= 11 is 3.09. The number of aliphatic hydroxyl groups excluding tert-OH is 1. The maximum Gasteiger partial charge on any atom is 0.233 e. The Morgan fingerprint density at radius 1 is 1.69 bits per heavy atom. The van der Waals surface area contributed by atoms with Crippen molar-refractivity contribution >= 4 is 15.9 Å². The highest BCUT2D eigenvalue weighted by Crippen LogP contribution is 2.22. The first-order chi connectivity index (χ1) is 6.87. The van der Waals surface area contributed by atoms with Crippen molar-refractivity contribution in [3.05, 3.63) is 44.4 Å². The zero-order chi connectivity index (χ0) is 11.6. The molecule has 13 heavy (non-hydrogen) atoms. The summed E-state index contributed by atoms with van der Waals surface area (Å²) < 4.78 is 14.7. The minimum atomic E-state index is -2.90. The first-order valence-corrected chi connectivity index (χ1v) is 4.23. The summed E-state index contributed by atoms with van der Waals surface area (Å²) in [6.45, 7) is -2.90. The van der Waals surface area contributed by atoms with E-state index in [1.54, 1.807) is 18.2 Å². The van der Waals surface area contributed by atoms with Crippen molar-refractivity contribution in [3.8, 4) is 0 Å². The number of nitro groups is 1. The minimum absolute atomic E-state index is 0.152. The summed E-state index contributed by atoms with van der Waals surface area (Å²) in [5, 5.41) is 20.0. The van der Waals surface area contributed by atoms with E-state index in [1.165, 1.54) is 6.07 Å². The van der Waals surface area contributed by atoms with Crippen LogP contribution in [0.3, 0.4) is 0 Å². The van der Waals surface area contributed by atoms with Gasteiger partial charge in [0.15, 0.2) is 0 Å². The van der Waals surface area contributed by atoms with Gasteiger partial charge in [0.1, 0.15) is 8.85 Å². The fourth-order valence-corrected chi connectivity index (χ4v) is 1.37. The van der Waals surface area contributed by atoms with Crippen molar-refractivity contribution in [3.63, 3.8) is 0 Å². The molecule has 1 unspecified atom stereocenters. The fraction of sp³-hybridized carbons (Fsp3) is 0.250. The Bertz CT molecular complexity index is 386. The molecule has 0 amide bonds. The molecule has 1 aromatic carbocycles. The second-order valence-corrected chi connectivity index (χ2v) is 3.16. The Morgan fingerprint density at radius 2 is 2.31 bits per heavy atom. The summed E-state index contributed by atoms with van der Waals surface area (Å²) in [6.07, 6.45) is -1.80. The van der Waals surface area contributed by atoms with Gasteiger partial charge in [-0.3, -0.25) is 10.1 Å². The first-order valence-electron chi connectivity index (χ1n) is 4.44. The lowest BCUT2D eigenvalue weighted by molar-refractivity contribution is -0.491. The molecule has 0 aliphatic heterocycles. The van der Waals surface area contributed by atoms with Gasteiger partial charge in [0.25, 0.3) is 0 Å². The van der Waals surface area contributed by atoms with Gasteiger partial charge in [0, 0.05) is 15.0 Å². The summed E-state index contributed by atoms with van der Waals surface area (Å²) in [5.74, 6) is 0. The van der Waals surface area contributed by atoms with Gasteiger partial charge in [-0.25, -0.2) is 0 Å². The molecule has 0 saturated carbocycles. The van der Waals surface area contributed by atoms with Crippen molar-refractivity contribution < 1.29 is 12.8 Å².